The van der Waals surface area contributed by atoms with Gasteiger partial charge in [-0.15, -0.1) is 0 Å². The van der Waals surface area contributed by atoms with Gasteiger partial charge in [0.05, 0.1) is 24.7 Å². The van der Waals surface area contributed by atoms with Crippen LogP contribution in [0.1, 0.15) is 11.4 Å². The van der Waals surface area contributed by atoms with Crippen molar-refractivity contribution in [1.29, 1.82) is 5.26 Å². The predicted molar refractivity (Wildman–Crippen MR) is 77.3 cm³/mol. The number of imidazole rings is 1. The maximum atomic E-state index is 12.0. The van der Waals surface area contributed by atoms with E-state index in [4.69, 9.17) is 5.26 Å². The van der Waals surface area contributed by atoms with Gasteiger partial charge in [-0.1, -0.05) is 0 Å². The molecule has 1 aromatic heterocycles. The summed E-state index contributed by atoms with van der Waals surface area (Å²) in [6, 6.07) is 8.90. The van der Waals surface area contributed by atoms with Crippen LogP contribution >= 0.6 is 0 Å². The van der Waals surface area contributed by atoms with Crippen LogP contribution in [0.3, 0.4) is 0 Å². The normalized spacial score (nSPS) is 14.2. The van der Waals surface area contributed by atoms with Crippen LogP contribution in [0.15, 0.2) is 36.7 Å². The van der Waals surface area contributed by atoms with Gasteiger partial charge < -0.3 is 9.88 Å². The Bertz CT molecular complexity index is 683. The lowest BCUT2D eigenvalue weighted by molar-refractivity contribution is -0.117. The van der Waals surface area contributed by atoms with Crippen molar-refractivity contribution in [2.24, 2.45) is 0 Å². The average molecular weight is 281 g/mol. The van der Waals surface area contributed by atoms with E-state index < -0.39 is 0 Å². The minimum atomic E-state index is -0.0558. The number of carbonyl (C=O) groups is 1. The van der Waals surface area contributed by atoms with Gasteiger partial charge in [0.2, 0.25) is 5.91 Å². The van der Waals surface area contributed by atoms with Crippen LogP contribution in [0, 0.1) is 11.3 Å². The van der Waals surface area contributed by atoms with Crippen LogP contribution in [-0.4, -0.2) is 33.4 Å². The Morgan fingerprint density at radius 1 is 1.33 bits per heavy atom. The van der Waals surface area contributed by atoms with E-state index in [-0.39, 0.29) is 5.91 Å². The Labute approximate surface area is 122 Å². The van der Waals surface area contributed by atoms with E-state index in [0.717, 1.165) is 18.9 Å². The molecule has 0 saturated heterocycles. The van der Waals surface area contributed by atoms with Gasteiger partial charge in [0.25, 0.3) is 0 Å². The zero-order valence-corrected chi connectivity index (χ0v) is 11.5. The Morgan fingerprint density at radius 3 is 2.90 bits per heavy atom. The van der Waals surface area contributed by atoms with E-state index >= 15 is 0 Å². The smallest absolute Gasteiger partial charge is 0.238 e. The van der Waals surface area contributed by atoms with E-state index in [0.29, 0.717) is 24.3 Å². The number of nitrogens with one attached hydrogen (secondary N) is 1. The average Bonchev–Trinajstić information content (AvgIpc) is 2.95. The van der Waals surface area contributed by atoms with Gasteiger partial charge in [0, 0.05) is 31.2 Å². The molecule has 0 radical (unpaired) electrons. The summed E-state index contributed by atoms with van der Waals surface area (Å²) in [4.78, 5) is 18.4. The third-order valence-corrected chi connectivity index (χ3v) is 3.49. The molecule has 0 fully saturated rings. The van der Waals surface area contributed by atoms with Crippen molar-refractivity contribution < 1.29 is 4.79 Å². The molecule has 2 aromatic rings. The quantitative estimate of drug-likeness (QED) is 0.917. The fourth-order valence-corrected chi connectivity index (χ4v) is 2.39. The summed E-state index contributed by atoms with van der Waals surface area (Å²) < 4.78 is 2.11. The van der Waals surface area contributed by atoms with Gasteiger partial charge in [0.1, 0.15) is 5.82 Å². The molecule has 0 saturated carbocycles. The van der Waals surface area contributed by atoms with Gasteiger partial charge in [0.15, 0.2) is 0 Å². The standard InChI is InChI=1S/C15H15N5O/c16-9-12-1-3-13(4-2-12)18-15(21)11-19-7-8-20-6-5-17-14(20)10-19/h1-6H,7-8,10-11H2,(H,18,21). The zero-order valence-electron chi connectivity index (χ0n) is 11.5. The van der Waals surface area contributed by atoms with Gasteiger partial charge >= 0.3 is 0 Å². The number of fused-ring (bicyclic) bond motifs is 1. The van der Waals surface area contributed by atoms with Crippen LogP contribution in [0.25, 0.3) is 0 Å². The Hall–Kier alpha value is -2.65. The number of carbonyl (C=O) groups excluding carboxylic acids is 1. The SMILES string of the molecule is N#Cc1ccc(NC(=O)CN2CCn3ccnc3C2)cc1. The maximum Gasteiger partial charge on any atom is 0.238 e. The Kier molecular flexibility index (Phi) is 3.67. The largest absolute Gasteiger partial charge is 0.333 e. The molecule has 3 rings (SSSR count). The summed E-state index contributed by atoms with van der Waals surface area (Å²) in [5.41, 5.74) is 1.29. The lowest BCUT2D eigenvalue weighted by atomic mass is 10.2. The van der Waals surface area contributed by atoms with Crippen molar-refractivity contribution in [2.75, 3.05) is 18.4 Å². The molecule has 2 heterocycles. The first-order valence-electron chi connectivity index (χ1n) is 6.77. The summed E-state index contributed by atoms with van der Waals surface area (Å²) in [5.74, 6) is 0.937. The van der Waals surface area contributed by atoms with Crippen LogP contribution in [0.5, 0.6) is 0 Å². The number of nitriles is 1. The molecule has 0 atom stereocenters. The van der Waals surface area contributed by atoms with Crippen LogP contribution < -0.4 is 5.32 Å². The fourth-order valence-electron chi connectivity index (χ4n) is 2.39. The monoisotopic (exact) mass is 281 g/mol. The molecule has 0 bridgehead atoms. The zero-order chi connectivity index (χ0) is 14.7. The van der Waals surface area contributed by atoms with Crippen LogP contribution in [0.2, 0.25) is 0 Å². The highest BCUT2D eigenvalue weighted by molar-refractivity contribution is 5.92. The number of anilines is 1. The molecular weight excluding hydrogens is 266 g/mol. The summed E-state index contributed by atoms with van der Waals surface area (Å²) in [5, 5.41) is 11.6. The molecule has 6 heteroatoms. The highest BCUT2D eigenvalue weighted by Crippen LogP contribution is 2.11. The van der Waals surface area contributed by atoms with Gasteiger partial charge in [-0.2, -0.15) is 5.26 Å². The first-order chi connectivity index (χ1) is 10.2. The number of amides is 1. The van der Waals surface area contributed by atoms with Crippen molar-refractivity contribution in [3.05, 3.63) is 48.0 Å². The minimum absolute atomic E-state index is 0.0558. The lowest BCUT2D eigenvalue weighted by Crippen LogP contribution is -2.39. The maximum absolute atomic E-state index is 12.0. The third kappa shape index (κ3) is 3.09. The summed E-state index contributed by atoms with van der Waals surface area (Å²) in [7, 11) is 0. The van der Waals surface area contributed by atoms with Crippen molar-refractivity contribution in [3.63, 3.8) is 0 Å². The third-order valence-electron chi connectivity index (χ3n) is 3.49. The first-order valence-corrected chi connectivity index (χ1v) is 6.77. The number of benzene rings is 1. The van der Waals surface area contributed by atoms with Crippen molar-refractivity contribution in [3.8, 4) is 6.07 Å². The topological polar surface area (TPSA) is 74.0 Å². The summed E-state index contributed by atoms with van der Waals surface area (Å²) in [6.45, 7) is 2.73. The highest BCUT2D eigenvalue weighted by Gasteiger charge is 2.18. The summed E-state index contributed by atoms with van der Waals surface area (Å²) >= 11 is 0. The Balaban J connectivity index is 1.56. The number of rotatable bonds is 3. The molecule has 1 aromatic carbocycles. The molecule has 1 amide bonds. The predicted octanol–water partition coefficient (Wildman–Crippen LogP) is 1.21. The molecule has 0 spiro atoms. The second kappa shape index (κ2) is 5.77. The second-order valence-corrected chi connectivity index (χ2v) is 4.98. The molecule has 0 aliphatic carbocycles. The molecule has 0 unspecified atom stereocenters. The number of hydrogen-bond donors (Lipinski definition) is 1. The highest BCUT2D eigenvalue weighted by atomic mass is 16.2. The van der Waals surface area contributed by atoms with Crippen molar-refractivity contribution >= 4 is 11.6 Å². The molecule has 1 aliphatic rings. The molecular formula is C15H15N5O. The first kappa shape index (κ1) is 13.3. The minimum Gasteiger partial charge on any atom is -0.333 e. The van der Waals surface area contributed by atoms with Crippen molar-refractivity contribution in [1.82, 2.24) is 14.5 Å². The van der Waals surface area contributed by atoms with Gasteiger partial charge in [-0.25, -0.2) is 4.98 Å². The van der Waals surface area contributed by atoms with Crippen molar-refractivity contribution in [2.45, 2.75) is 13.1 Å². The summed E-state index contributed by atoms with van der Waals surface area (Å²) in [6.07, 6.45) is 3.75. The van der Waals surface area contributed by atoms with E-state index in [1.807, 2.05) is 12.3 Å². The molecule has 21 heavy (non-hydrogen) atoms. The van der Waals surface area contributed by atoms with Gasteiger partial charge in [-0.3, -0.25) is 9.69 Å². The second-order valence-electron chi connectivity index (χ2n) is 4.98. The van der Waals surface area contributed by atoms with E-state index in [2.05, 4.69) is 19.8 Å². The molecule has 1 aliphatic heterocycles. The number of nitrogens with zero attached hydrogens (tertiary/aromatic N) is 4. The fraction of sp³-hybridized carbons (Fsp3) is 0.267. The van der Waals surface area contributed by atoms with E-state index in [1.165, 1.54) is 0 Å². The molecule has 106 valence electrons. The number of aromatic nitrogens is 2. The molecule has 1 N–H and O–H groups in total. The van der Waals surface area contributed by atoms with Crippen LogP contribution in [-0.2, 0) is 17.9 Å². The van der Waals surface area contributed by atoms with E-state index in [1.54, 1.807) is 30.5 Å². The van der Waals surface area contributed by atoms with Gasteiger partial charge in [-0.05, 0) is 24.3 Å². The van der Waals surface area contributed by atoms with Crippen LogP contribution in [0.4, 0.5) is 5.69 Å². The molecule has 6 nitrogen and oxygen atoms in total. The number of hydrogen-bond acceptors (Lipinski definition) is 4. The van der Waals surface area contributed by atoms with E-state index in [9.17, 15) is 4.79 Å². The Morgan fingerprint density at radius 2 is 2.14 bits per heavy atom. The lowest BCUT2D eigenvalue weighted by Gasteiger charge is -2.26.